The summed E-state index contributed by atoms with van der Waals surface area (Å²) in [5.74, 6) is 0.107. The first-order chi connectivity index (χ1) is 10.9. The van der Waals surface area contributed by atoms with Crippen LogP contribution in [0.5, 0.6) is 0 Å². The van der Waals surface area contributed by atoms with Crippen molar-refractivity contribution in [1.29, 1.82) is 0 Å². The van der Waals surface area contributed by atoms with E-state index in [1.54, 1.807) is 11.2 Å². The molecule has 5 nitrogen and oxygen atoms in total. The Morgan fingerprint density at radius 1 is 1.22 bits per heavy atom. The van der Waals surface area contributed by atoms with Crippen molar-refractivity contribution >= 4 is 31.9 Å². The number of rotatable bonds is 3. The minimum Gasteiger partial charge on any atom is -0.460 e. The van der Waals surface area contributed by atoms with Gasteiger partial charge in [-0.25, -0.2) is 8.42 Å². The first-order valence-electron chi connectivity index (χ1n) is 8.78. The Hall–Kier alpha value is -0.140. The minimum absolute atomic E-state index is 0.109. The molecule has 1 saturated heterocycles. The van der Waals surface area contributed by atoms with Gasteiger partial charge >= 0.3 is 5.97 Å². The molecule has 0 N–H and O–H groups in total. The van der Waals surface area contributed by atoms with Crippen LogP contribution in [-0.4, -0.2) is 47.0 Å². The van der Waals surface area contributed by atoms with Crippen molar-refractivity contribution in [2.75, 3.05) is 0 Å². The van der Waals surface area contributed by atoms with E-state index in [1.165, 1.54) is 6.42 Å². The number of fused-ring (bicyclic) bond motifs is 1. The van der Waals surface area contributed by atoms with Crippen molar-refractivity contribution in [3.8, 4) is 0 Å². The number of ether oxygens (including phenoxy) is 1. The molecule has 4 fully saturated rings. The third-order valence-corrected chi connectivity index (χ3v) is 9.12. The first kappa shape index (κ1) is 16.3. The van der Waals surface area contributed by atoms with Crippen LogP contribution in [0.4, 0.5) is 0 Å². The molecule has 6 unspecified atom stereocenters. The third-order valence-electron chi connectivity index (χ3n) is 6.31. The fourth-order valence-corrected chi connectivity index (χ4v) is 8.27. The number of alkyl halides is 1. The highest BCUT2D eigenvalue weighted by Crippen LogP contribution is 2.58. The number of sulfonamides is 1. The second-order valence-corrected chi connectivity index (χ2v) is 11.0. The van der Waals surface area contributed by atoms with Gasteiger partial charge in [-0.3, -0.25) is 4.79 Å². The van der Waals surface area contributed by atoms with Gasteiger partial charge in [-0.15, -0.1) is 0 Å². The Morgan fingerprint density at radius 3 is 2.57 bits per heavy atom. The van der Waals surface area contributed by atoms with Crippen molar-refractivity contribution in [2.24, 2.45) is 11.8 Å². The van der Waals surface area contributed by atoms with E-state index < -0.39 is 10.0 Å². The van der Waals surface area contributed by atoms with Crippen LogP contribution < -0.4 is 0 Å². The quantitative estimate of drug-likeness (QED) is 0.534. The average Bonchev–Trinajstić information content (AvgIpc) is 3.11. The largest absolute Gasteiger partial charge is 0.460 e. The van der Waals surface area contributed by atoms with Gasteiger partial charge in [-0.2, -0.15) is 4.31 Å². The lowest BCUT2D eigenvalue weighted by Crippen LogP contribution is -2.49. The second kappa shape index (κ2) is 5.70. The molecular weight excluding hydrogens is 382 g/mol. The zero-order chi connectivity index (χ0) is 16.4. The molecule has 0 aromatic carbocycles. The maximum atomic E-state index is 13.1. The van der Waals surface area contributed by atoms with E-state index in [0.29, 0.717) is 6.42 Å². The van der Waals surface area contributed by atoms with Gasteiger partial charge in [-0.1, -0.05) is 35.2 Å². The molecule has 0 radical (unpaired) electrons. The Kier molecular flexibility index (Phi) is 4.05. The van der Waals surface area contributed by atoms with E-state index >= 15 is 0 Å². The summed E-state index contributed by atoms with van der Waals surface area (Å²) in [6, 6.07) is 0.00717. The van der Waals surface area contributed by atoms with Gasteiger partial charge in [0, 0.05) is 6.04 Å². The van der Waals surface area contributed by atoms with Crippen molar-refractivity contribution in [2.45, 2.75) is 80.1 Å². The van der Waals surface area contributed by atoms with Crippen molar-refractivity contribution in [1.82, 2.24) is 4.31 Å². The Balaban J connectivity index is 1.64. The maximum absolute atomic E-state index is 13.1. The molecule has 1 aliphatic heterocycles. The zero-order valence-corrected chi connectivity index (χ0v) is 15.8. The molecule has 0 aromatic rings. The molecule has 3 saturated carbocycles. The number of halogens is 1. The molecule has 4 rings (SSSR count). The summed E-state index contributed by atoms with van der Waals surface area (Å²) in [6.07, 6.45) is 6.63. The molecule has 0 amide bonds. The summed E-state index contributed by atoms with van der Waals surface area (Å²) < 4.78 is 33.7. The highest BCUT2D eigenvalue weighted by Gasteiger charge is 2.68. The first-order valence-corrected chi connectivity index (χ1v) is 11.2. The van der Waals surface area contributed by atoms with E-state index in [2.05, 4.69) is 15.9 Å². The minimum atomic E-state index is -3.23. The average molecular weight is 406 g/mol. The van der Waals surface area contributed by atoms with Gasteiger partial charge in [0.1, 0.15) is 10.9 Å². The number of hydrogen-bond donors (Lipinski definition) is 0. The molecule has 0 aromatic heterocycles. The lowest BCUT2D eigenvalue weighted by Gasteiger charge is -2.36. The Labute approximate surface area is 146 Å². The molecule has 130 valence electrons. The molecule has 6 atom stereocenters. The van der Waals surface area contributed by atoms with E-state index in [0.717, 1.165) is 32.1 Å². The normalized spacial score (nSPS) is 43.7. The molecule has 1 heterocycles. The zero-order valence-electron chi connectivity index (χ0n) is 13.4. The summed E-state index contributed by atoms with van der Waals surface area (Å²) in [5, 5.41) is -0.226. The second-order valence-electron chi connectivity index (χ2n) is 7.61. The summed E-state index contributed by atoms with van der Waals surface area (Å²) in [6.45, 7) is 1.75. The molecule has 7 heteroatoms. The highest BCUT2D eigenvalue weighted by atomic mass is 79.9. The van der Waals surface area contributed by atoms with Crippen LogP contribution in [0.1, 0.15) is 51.9 Å². The van der Waals surface area contributed by atoms with Gasteiger partial charge in [-0.05, 0) is 44.4 Å². The van der Waals surface area contributed by atoms with Gasteiger partial charge < -0.3 is 4.74 Å². The standard InChI is InChI=1S/C16H24BrNO4S/c1-9(17)16(19)22-15-10-7-12-13(8-10)23(20,21)18(14(12)15)11-5-3-2-4-6-11/h9-15H,2-8H2,1H3. The van der Waals surface area contributed by atoms with Crippen LogP contribution in [0.25, 0.3) is 0 Å². The summed E-state index contributed by atoms with van der Waals surface area (Å²) in [7, 11) is -3.23. The number of hydrogen-bond acceptors (Lipinski definition) is 4. The molecule has 2 bridgehead atoms. The van der Waals surface area contributed by atoms with E-state index in [1.807, 2.05) is 0 Å². The van der Waals surface area contributed by atoms with Crippen molar-refractivity contribution < 1.29 is 17.9 Å². The van der Waals surface area contributed by atoms with Crippen molar-refractivity contribution in [3.63, 3.8) is 0 Å². The molecule has 3 aliphatic carbocycles. The van der Waals surface area contributed by atoms with E-state index in [-0.39, 0.29) is 46.1 Å². The SMILES string of the molecule is CC(Br)C(=O)OC1C2CC3C1N(C1CCCCC1)S(=O)(=O)C3C2. The predicted molar refractivity (Wildman–Crippen MR) is 89.7 cm³/mol. The van der Waals surface area contributed by atoms with Gasteiger partial charge in [0.05, 0.1) is 11.3 Å². The van der Waals surface area contributed by atoms with Crippen molar-refractivity contribution in [3.05, 3.63) is 0 Å². The molecule has 0 spiro atoms. The molecule has 23 heavy (non-hydrogen) atoms. The summed E-state index contributed by atoms with van der Waals surface area (Å²) in [4.78, 5) is 11.7. The third kappa shape index (κ3) is 2.41. The van der Waals surface area contributed by atoms with Gasteiger partial charge in [0.25, 0.3) is 0 Å². The van der Waals surface area contributed by atoms with Crippen LogP contribution in [0.3, 0.4) is 0 Å². The smallest absolute Gasteiger partial charge is 0.319 e. The van der Waals surface area contributed by atoms with Gasteiger partial charge in [0.2, 0.25) is 10.0 Å². The lowest BCUT2D eigenvalue weighted by atomic mass is 9.89. The van der Waals surface area contributed by atoms with Crippen LogP contribution in [0, 0.1) is 11.8 Å². The number of nitrogens with zero attached hydrogens (tertiary/aromatic N) is 1. The summed E-state index contributed by atoms with van der Waals surface area (Å²) >= 11 is 3.26. The number of carbonyl (C=O) groups is 1. The van der Waals surface area contributed by atoms with Gasteiger partial charge in [0.15, 0.2) is 0 Å². The maximum Gasteiger partial charge on any atom is 0.319 e. The lowest BCUT2D eigenvalue weighted by molar-refractivity contribution is -0.153. The Morgan fingerprint density at radius 2 is 1.91 bits per heavy atom. The molecule has 4 aliphatic rings. The van der Waals surface area contributed by atoms with Crippen LogP contribution >= 0.6 is 15.9 Å². The fourth-order valence-electron chi connectivity index (χ4n) is 5.40. The molecular formula is C16H24BrNO4S. The summed E-state index contributed by atoms with van der Waals surface area (Å²) in [5.41, 5.74) is 0. The topological polar surface area (TPSA) is 63.7 Å². The number of esters is 1. The highest BCUT2D eigenvalue weighted by molar-refractivity contribution is 9.10. The predicted octanol–water partition coefficient (Wildman–Crippen LogP) is 2.44. The van der Waals surface area contributed by atoms with E-state index in [9.17, 15) is 13.2 Å². The van der Waals surface area contributed by atoms with Crippen LogP contribution in [0.2, 0.25) is 0 Å². The van der Waals surface area contributed by atoms with E-state index in [4.69, 9.17) is 4.74 Å². The number of carbonyl (C=O) groups excluding carboxylic acids is 1. The Bertz CT molecular complexity index is 601. The monoisotopic (exact) mass is 405 g/mol. The fraction of sp³-hybridized carbons (Fsp3) is 0.938. The van der Waals surface area contributed by atoms with Crippen LogP contribution in [0.15, 0.2) is 0 Å². The van der Waals surface area contributed by atoms with Crippen LogP contribution in [-0.2, 0) is 19.6 Å².